The minimum Gasteiger partial charge on any atom is -0.493 e. The highest BCUT2D eigenvalue weighted by atomic mass is 32.2. The molecule has 1 N–H and O–H groups in total. The van der Waals surface area contributed by atoms with Gasteiger partial charge < -0.3 is 10.1 Å². The fraction of sp³-hybridized carbons (Fsp3) is 0.167. The van der Waals surface area contributed by atoms with Gasteiger partial charge in [0.2, 0.25) is 5.91 Å². The number of aromatic nitrogens is 1. The van der Waals surface area contributed by atoms with Crippen molar-refractivity contribution in [2.75, 3.05) is 17.7 Å². The van der Waals surface area contributed by atoms with E-state index in [-0.39, 0.29) is 5.91 Å². The van der Waals surface area contributed by atoms with Crippen molar-refractivity contribution in [1.29, 1.82) is 0 Å². The van der Waals surface area contributed by atoms with E-state index in [4.69, 9.17) is 4.74 Å². The Morgan fingerprint density at radius 3 is 2.67 bits per heavy atom. The second-order valence-electron chi connectivity index (χ2n) is 6.88. The van der Waals surface area contributed by atoms with Crippen LogP contribution in [0.5, 0.6) is 5.75 Å². The highest BCUT2D eigenvalue weighted by molar-refractivity contribution is 8.01. The molecule has 4 nitrogen and oxygen atoms in total. The van der Waals surface area contributed by atoms with Gasteiger partial charge in [-0.15, -0.1) is 11.3 Å². The maximum absolute atomic E-state index is 12.3. The molecule has 0 saturated carbocycles. The summed E-state index contributed by atoms with van der Waals surface area (Å²) in [5.74, 6) is 1.70. The molecule has 0 radical (unpaired) electrons. The fourth-order valence-corrected chi connectivity index (χ4v) is 4.95. The van der Waals surface area contributed by atoms with Crippen LogP contribution in [-0.2, 0) is 11.2 Å². The molecule has 4 rings (SSSR count). The van der Waals surface area contributed by atoms with Crippen LogP contribution < -0.4 is 10.1 Å². The fourth-order valence-electron chi connectivity index (χ4n) is 2.95. The van der Waals surface area contributed by atoms with Gasteiger partial charge >= 0.3 is 0 Å². The molecular weight excluding hydrogens is 412 g/mol. The van der Waals surface area contributed by atoms with Gasteiger partial charge in [-0.05, 0) is 42.8 Å². The molecule has 6 heteroatoms. The summed E-state index contributed by atoms with van der Waals surface area (Å²) < 4.78 is 7.85. The van der Waals surface area contributed by atoms with Gasteiger partial charge in [0.1, 0.15) is 5.75 Å². The van der Waals surface area contributed by atoms with Crippen molar-refractivity contribution in [3.63, 3.8) is 0 Å². The van der Waals surface area contributed by atoms with E-state index >= 15 is 0 Å². The Hall–Kier alpha value is -2.83. The zero-order chi connectivity index (χ0) is 20.8. The third-order valence-electron chi connectivity index (χ3n) is 4.46. The molecule has 0 spiro atoms. The lowest BCUT2D eigenvalue weighted by atomic mass is 10.1. The quantitative estimate of drug-likeness (QED) is 0.275. The number of aryl methyl sites for hydroxylation is 1. The minimum absolute atomic E-state index is 0.0204. The lowest BCUT2D eigenvalue weighted by Gasteiger charge is -2.05. The van der Waals surface area contributed by atoms with Crippen molar-refractivity contribution >= 4 is 44.9 Å². The lowest BCUT2D eigenvalue weighted by Crippen LogP contribution is -2.14. The monoisotopic (exact) mass is 434 g/mol. The summed E-state index contributed by atoms with van der Waals surface area (Å²) in [5.41, 5.74) is 3.97. The normalized spacial score (nSPS) is 10.8. The van der Waals surface area contributed by atoms with Gasteiger partial charge in [0.25, 0.3) is 0 Å². The van der Waals surface area contributed by atoms with Crippen LogP contribution in [0.3, 0.4) is 0 Å². The molecule has 30 heavy (non-hydrogen) atoms. The van der Waals surface area contributed by atoms with E-state index in [1.165, 1.54) is 5.56 Å². The van der Waals surface area contributed by atoms with Crippen LogP contribution in [0.2, 0.25) is 0 Å². The molecule has 152 valence electrons. The highest BCUT2D eigenvalue weighted by Gasteiger charge is 2.08. The third kappa shape index (κ3) is 5.62. The van der Waals surface area contributed by atoms with Crippen molar-refractivity contribution in [3.05, 3.63) is 83.9 Å². The number of fused-ring (bicyclic) bond motifs is 1. The lowest BCUT2D eigenvalue weighted by molar-refractivity contribution is -0.115. The maximum atomic E-state index is 12.3. The zero-order valence-corrected chi connectivity index (χ0v) is 18.3. The number of rotatable bonds is 8. The number of hydrogen-bond acceptors (Lipinski definition) is 5. The molecule has 1 amide bonds. The van der Waals surface area contributed by atoms with Gasteiger partial charge in [-0.25, -0.2) is 4.98 Å². The Morgan fingerprint density at radius 2 is 1.87 bits per heavy atom. The summed E-state index contributed by atoms with van der Waals surface area (Å²) in [6, 6.07) is 23.7. The van der Waals surface area contributed by atoms with Crippen LogP contribution in [-0.4, -0.2) is 23.3 Å². The van der Waals surface area contributed by atoms with Crippen molar-refractivity contribution < 1.29 is 9.53 Å². The van der Waals surface area contributed by atoms with E-state index in [0.29, 0.717) is 13.0 Å². The molecule has 1 aromatic heterocycles. The van der Waals surface area contributed by atoms with E-state index in [1.54, 1.807) is 23.1 Å². The summed E-state index contributed by atoms with van der Waals surface area (Å²) >= 11 is 3.32. The van der Waals surface area contributed by atoms with Crippen molar-refractivity contribution in [1.82, 2.24) is 4.98 Å². The van der Waals surface area contributed by atoms with E-state index in [1.807, 2.05) is 72.8 Å². The van der Waals surface area contributed by atoms with Crippen LogP contribution in [0.15, 0.2) is 77.1 Å². The molecule has 0 fully saturated rings. The smallest absolute Gasteiger partial charge is 0.228 e. The first kappa shape index (κ1) is 20.4. The van der Waals surface area contributed by atoms with E-state index in [0.717, 1.165) is 37.3 Å². The largest absolute Gasteiger partial charge is 0.493 e. The second-order valence-corrected chi connectivity index (χ2v) is 9.26. The van der Waals surface area contributed by atoms with Crippen molar-refractivity contribution in [3.8, 4) is 5.75 Å². The van der Waals surface area contributed by atoms with Gasteiger partial charge in [0.15, 0.2) is 4.34 Å². The van der Waals surface area contributed by atoms with E-state index in [2.05, 4.69) is 17.2 Å². The Morgan fingerprint density at radius 1 is 1.07 bits per heavy atom. The topological polar surface area (TPSA) is 51.2 Å². The molecule has 0 saturated heterocycles. The first-order chi connectivity index (χ1) is 14.7. The molecule has 1 heterocycles. The molecule has 0 aliphatic heterocycles. The van der Waals surface area contributed by atoms with Crippen LogP contribution in [0.25, 0.3) is 10.2 Å². The Balaban J connectivity index is 1.30. The van der Waals surface area contributed by atoms with Gasteiger partial charge in [-0.1, -0.05) is 59.8 Å². The molecule has 0 bridgehead atoms. The Kier molecular flexibility index (Phi) is 6.67. The number of benzene rings is 3. The first-order valence-electron chi connectivity index (χ1n) is 9.72. The predicted octanol–water partition coefficient (Wildman–Crippen LogP) is 5.96. The average molecular weight is 435 g/mol. The second kappa shape index (κ2) is 9.78. The van der Waals surface area contributed by atoms with Crippen LogP contribution in [0, 0.1) is 6.92 Å². The number of anilines is 1. The number of amides is 1. The SMILES string of the molecule is Cc1ccc(OCCSc2nc3ccc(NC(=O)Cc4ccccc4)cc3s2)cc1. The molecule has 0 aliphatic rings. The Labute approximate surface area is 184 Å². The summed E-state index contributed by atoms with van der Waals surface area (Å²) in [4.78, 5) is 17.0. The minimum atomic E-state index is -0.0204. The number of thiazole rings is 1. The molecule has 0 aliphatic carbocycles. The molecule has 0 unspecified atom stereocenters. The van der Waals surface area contributed by atoms with Crippen molar-refractivity contribution in [2.45, 2.75) is 17.7 Å². The first-order valence-corrected chi connectivity index (χ1v) is 11.5. The highest BCUT2D eigenvalue weighted by Crippen LogP contribution is 2.31. The molecule has 3 aromatic carbocycles. The van der Waals surface area contributed by atoms with Gasteiger partial charge in [0, 0.05) is 11.4 Å². The predicted molar refractivity (Wildman–Crippen MR) is 126 cm³/mol. The number of carbonyl (C=O) groups is 1. The number of thioether (sulfide) groups is 1. The van der Waals surface area contributed by atoms with Crippen LogP contribution >= 0.6 is 23.1 Å². The van der Waals surface area contributed by atoms with Gasteiger partial charge in [-0.2, -0.15) is 0 Å². The maximum Gasteiger partial charge on any atom is 0.228 e. The van der Waals surface area contributed by atoms with Gasteiger partial charge in [-0.3, -0.25) is 4.79 Å². The summed E-state index contributed by atoms with van der Waals surface area (Å²) in [6.45, 7) is 2.69. The van der Waals surface area contributed by atoms with Crippen LogP contribution in [0.4, 0.5) is 5.69 Å². The Bertz CT molecular complexity index is 1130. The average Bonchev–Trinajstić information content (AvgIpc) is 3.15. The number of nitrogens with zero attached hydrogens (tertiary/aromatic N) is 1. The van der Waals surface area contributed by atoms with E-state index < -0.39 is 0 Å². The van der Waals surface area contributed by atoms with E-state index in [9.17, 15) is 4.79 Å². The number of ether oxygens (including phenoxy) is 1. The number of nitrogens with one attached hydrogen (secondary N) is 1. The van der Waals surface area contributed by atoms with Gasteiger partial charge in [0.05, 0.1) is 23.2 Å². The summed E-state index contributed by atoms with van der Waals surface area (Å²) in [7, 11) is 0. The van der Waals surface area contributed by atoms with Crippen LogP contribution in [0.1, 0.15) is 11.1 Å². The molecule has 4 aromatic rings. The standard InChI is InChI=1S/C24H22N2O2S2/c1-17-7-10-20(11-8-17)28-13-14-29-24-26-21-12-9-19(16-22(21)30-24)25-23(27)15-18-5-3-2-4-6-18/h2-12,16H,13-15H2,1H3,(H,25,27). The number of carbonyl (C=O) groups excluding carboxylic acids is 1. The summed E-state index contributed by atoms with van der Waals surface area (Å²) in [5, 5.41) is 2.98. The van der Waals surface area contributed by atoms with Crippen molar-refractivity contribution in [2.24, 2.45) is 0 Å². The third-order valence-corrected chi connectivity index (χ3v) is 6.58. The zero-order valence-electron chi connectivity index (χ0n) is 16.6. The molecular formula is C24H22N2O2S2. The molecule has 0 atom stereocenters. The number of hydrogen-bond donors (Lipinski definition) is 1. The summed E-state index contributed by atoms with van der Waals surface area (Å²) in [6.07, 6.45) is 0.365.